The van der Waals surface area contributed by atoms with Crippen LogP contribution < -0.4 is 10.6 Å². The third-order valence-corrected chi connectivity index (χ3v) is 7.52. The number of fused-ring (bicyclic) bond motifs is 1. The average molecular weight is 546 g/mol. The van der Waals surface area contributed by atoms with E-state index >= 15 is 0 Å². The molecule has 0 saturated carbocycles. The van der Waals surface area contributed by atoms with Crippen molar-refractivity contribution in [3.05, 3.63) is 33.5 Å². The molecule has 13 heteroatoms. The summed E-state index contributed by atoms with van der Waals surface area (Å²) < 4.78 is 6.89. The number of methoxy groups -OCH3 is 1. The van der Waals surface area contributed by atoms with E-state index in [-0.39, 0.29) is 42.6 Å². The quantitative estimate of drug-likeness (QED) is 0.566. The molecule has 0 saturated heterocycles. The van der Waals surface area contributed by atoms with Gasteiger partial charge in [-0.1, -0.05) is 0 Å². The molecule has 2 bridgehead atoms. The largest absolute Gasteiger partial charge is 0.383 e. The molecule has 0 fully saturated rings. The zero-order valence-electron chi connectivity index (χ0n) is 21.9. The predicted octanol–water partition coefficient (Wildman–Crippen LogP) is 0.381. The number of nitrogens with one attached hydrogen (secondary N) is 2. The van der Waals surface area contributed by atoms with E-state index in [4.69, 9.17) is 4.74 Å². The summed E-state index contributed by atoms with van der Waals surface area (Å²) in [6, 6.07) is -0.144. The first-order chi connectivity index (χ1) is 18.4. The van der Waals surface area contributed by atoms with Crippen molar-refractivity contribution < 1.29 is 23.9 Å². The summed E-state index contributed by atoms with van der Waals surface area (Å²) in [6.07, 6.45) is 3.10. The number of nitrogens with zero attached hydrogens (tertiary/aromatic N) is 5. The zero-order valence-corrected chi connectivity index (χ0v) is 22.7. The lowest BCUT2D eigenvalue weighted by molar-refractivity contribution is -0.137. The number of ether oxygens (including phenoxy) is 1. The highest BCUT2D eigenvalue weighted by Gasteiger charge is 2.30. The van der Waals surface area contributed by atoms with Crippen LogP contribution in [0.4, 0.5) is 0 Å². The average Bonchev–Trinajstić information content (AvgIpc) is 3.55. The van der Waals surface area contributed by atoms with Gasteiger partial charge in [-0.3, -0.25) is 23.9 Å². The van der Waals surface area contributed by atoms with Crippen LogP contribution in [0.3, 0.4) is 0 Å². The fraction of sp³-hybridized carbons (Fsp3) is 0.600. The number of hydrogen-bond acceptors (Lipinski definition) is 8. The number of aromatic nitrogens is 3. The van der Waals surface area contributed by atoms with Gasteiger partial charge in [0.2, 0.25) is 11.8 Å². The van der Waals surface area contributed by atoms with Gasteiger partial charge in [0.1, 0.15) is 5.69 Å². The maximum atomic E-state index is 13.0. The fourth-order valence-corrected chi connectivity index (χ4v) is 5.49. The predicted molar refractivity (Wildman–Crippen MR) is 140 cm³/mol. The van der Waals surface area contributed by atoms with Crippen molar-refractivity contribution in [3.8, 4) is 0 Å². The number of thiazole rings is 1. The maximum Gasteiger partial charge on any atom is 0.273 e. The first-order valence-corrected chi connectivity index (χ1v) is 13.9. The molecule has 1 unspecified atom stereocenters. The van der Waals surface area contributed by atoms with Gasteiger partial charge < -0.3 is 25.2 Å². The summed E-state index contributed by atoms with van der Waals surface area (Å²) >= 11 is 1.34. The second kappa shape index (κ2) is 13.0. The normalized spacial score (nSPS) is 19.9. The van der Waals surface area contributed by atoms with Crippen LogP contribution in [0.25, 0.3) is 0 Å². The Morgan fingerprint density at radius 3 is 2.79 bits per heavy atom. The SMILES string of the molecule is COCCN1CC(=O)NC2CCc3c(c(nn3C)C(=O)NCCCN(C(=O)c3cscn3)CCCC1=O)C2. The van der Waals surface area contributed by atoms with E-state index in [0.717, 1.165) is 17.7 Å². The highest BCUT2D eigenvalue weighted by molar-refractivity contribution is 7.07. The summed E-state index contributed by atoms with van der Waals surface area (Å²) in [5, 5.41) is 12.1. The Balaban J connectivity index is 1.54. The molecule has 38 heavy (non-hydrogen) atoms. The Labute approximate surface area is 225 Å². The minimum absolute atomic E-state index is 0.0760. The number of rotatable bonds is 4. The molecule has 0 spiro atoms. The lowest BCUT2D eigenvalue weighted by Crippen LogP contribution is -2.47. The Morgan fingerprint density at radius 1 is 1.21 bits per heavy atom. The van der Waals surface area contributed by atoms with Crippen LogP contribution in [0.15, 0.2) is 10.9 Å². The molecule has 0 radical (unpaired) electrons. The van der Waals surface area contributed by atoms with Crippen molar-refractivity contribution in [2.24, 2.45) is 7.05 Å². The van der Waals surface area contributed by atoms with Crippen molar-refractivity contribution in [1.82, 2.24) is 35.2 Å². The minimum atomic E-state index is -0.261. The molecular weight excluding hydrogens is 510 g/mol. The highest BCUT2D eigenvalue weighted by Crippen LogP contribution is 2.24. The van der Waals surface area contributed by atoms with E-state index in [9.17, 15) is 19.2 Å². The van der Waals surface area contributed by atoms with E-state index in [1.165, 1.54) is 16.2 Å². The fourth-order valence-electron chi connectivity index (χ4n) is 4.96. The van der Waals surface area contributed by atoms with Crippen molar-refractivity contribution in [2.75, 3.05) is 46.4 Å². The summed E-state index contributed by atoms with van der Waals surface area (Å²) in [4.78, 5) is 59.3. The highest BCUT2D eigenvalue weighted by atomic mass is 32.1. The van der Waals surface area contributed by atoms with Crippen LogP contribution in [0.1, 0.15) is 57.9 Å². The van der Waals surface area contributed by atoms with Gasteiger partial charge in [-0.25, -0.2) is 4.98 Å². The van der Waals surface area contributed by atoms with Crippen LogP contribution in [0, 0.1) is 0 Å². The van der Waals surface area contributed by atoms with Crippen LogP contribution in [0.2, 0.25) is 0 Å². The molecule has 3 heterocycles. The van der Waals surface area contributed by atoms with Crippen molar-refractivity contribution in [3.63, 3.8) is 0 Å². The summed E-state index contributed by atoms with van der Waals surface area (Å²) in [5.74, 6) is -0.880. The number of hydrogen-bond donors (Lipinski definition) is 2. The first-order valence-electron chi connectivity index (χ1n) is 12.9. The molecule has 4 amide bonds. The molecular formula is C25H35N7O5S. The van der Waals surface area contributed by atoms with Crippen LogP contribution in [-0.4, -0.2) is 101 Å². The summed E-state index contributed by atoms with van der Waals surface area (Å²) in [7, 11) is 3.38. The number of carbonyl (C=O) groups is 4. The second-order valence-corrected chi connectivity index (χ2v) is 10.3. The van der Waals surface area contributed by atoms with Gasteiger partial charge in [0.25, 0.3) is 11.8 Å². The first kappa shape index (κ1) is 27.7. The van der Waals surface area contributed by atoms with E-state index in [1.807, 2.05) is 7.05 Å². The third kappa shape index (κ3) is 6.76. The maximum absolute atomic E-state index is 13.0. The number of amides is 4. The third-order valence-electron chi connectivity index (χ3n) is 6.94. The van der Waals surface area contributed by atoms with E-state index in [0.29, 0.717) is 69.9 Å². The van der Waals surface area contributed by atoms with Crippen molar-refractivity contribution in [2.45, 2.75) is 44.6 Å². The van der Waals surface area contributed by atoms with Gasteiger partial charge in [-0.15, -0.1) is 11.3 Å². The van der Waals surface area contributed by atoms with E-state index < -0.39 is 0 Å². The van der Waals surface area contributed by atoms with Crippen molar-refractivity contribution in [1.29, 1.82) is 0 Å². The van der Waals surface area contributed by atoms with Gasteiger partial charge >= 0.3 is 0 Å². The molecule has 4 rings (SSSR count). The molecule has 1 aliphatic heterocycles. The molecule has 2 aromatic rings. The molecule has 206 valence electrons. The van der Waals surface area contributed by atoms with Gasteiger partial charge in [0, 0.05) is 69.4 Å². The van der Waals surface area contributed by atoms with Crippen LogP contribution in [-0.2, 0) is 34.2 Å². The summed E-state index contributed by atoms with van der Waals surface area (Å²) in [5.41, 5.74) is 4.17. The molecule has 0 aromatic carbocycles. The smallest absolute Gasteiger partial charge is 0.273 e. The molecule has 1 aliphatic carbocycles. The lowest BCUT2D eigenvalue weighted by atomic mass is 9.91. The van der Waals surface area contributed by atoms with Gasteiger partial charge in [0.15, 0.2) is 5.69 Å². The standard InChI is InChI=1S/C25H35N7O5S/c1-30-20-7-6-17-13-18(20)23(29-30)24(35)26-8-4-10-31(25(36)19-15-38-16-27-19)9-3-5-22(34)32(11-12-37-2)14-21(33)28-17/h15-17H,3-14H2,1-2H3,(H,26,35)(H,28,33). The molecule has 2 N–H and O–H groups in total. The van der Waals surface area contributed by atoms with Gasteiger partial charge in [0.05, 0.1) is 18.7 Å². The summed E-state index contributed by atoms with van der Waals surface area (Å²) in [6.45, 7) is 1.67. The topological polar surface area (TPSA) is 139 Å². The zero-order chi connectivity index (χ0) is 27.1. The Morgan fingerprint density at radius 2 is 2.03 bits per heavy atom. The minimum Gasteiger partial charge on any atom is -0.383 e. The van der Waals surface area contributed by atoms with E-state index in [2.05, 4.69) is 20.7 Å². The second-order valence-electron chi connectivity index (χ2n) is 9.59. The number of aryl methyl sites for hydroxylation is 1. The van der Waals surface area contributed by atoms with Crippen molar-refractivity contribution >= 4 is 35.0 Å². The molecule has 2 aromatic heterocycles. The Hall–Kier alpha value is -3.32. The van der Waals surface area contributed by atoms with Crippen LogP contribution >= 0.6 is 11.3 Å². The van der Waals surface area contributed by atoms with E-state index in [1.54, 1.807) is 27.6 Å². The van der Waals surface area contributed by atoms with Gasteiger partial charge in [-0.05, 0) is 32.1 Å². The molecule has 2 aliphatic rings. The Kier molecular flexibility index (Phi) is 9.45. The molecule has 12 nitrogen and oxygen atoms in total. The lowest BCUT2D eigenvalue weighted by Gasteiger charge is -2.27. The Bertz CT molecular complexity index is 1150. The number of carbonyl (C=O) groups excluding carboxylic acids is 4. The van der Waals surface area contributed by atoms with Gasteiger partial charge in [-0.2, -0.15) is 5.10 Å². The monoisotopic (exact) mass is 545 g/mol. The van der Waals surface area contributed by atoms with Crippen LogP contribution in [0.5, 0.6) is 0 Å². The molecule has 1 atom stereocenters.